The van der Waals surface area contributed by atoms with Crippen LogP contribution >= 0.6 is 0 Å². The lowest BCUT2D eigenvalue weighted by Gasteiger charge is -2.43. The number of hydrogen-bond donors (Lipinski definition) is 1. The van der Waals surface area contributed by atoms with Gasteiger partial charge in [-0.3, -0.25) is 14.4 Å². The molecule has 0 aliphatic carbocycles. The highest BCUT2D eigenvalue weighted by Gasteiger charge is 2.54. The molecule has 2 aliphatic rings. The number of hydrogen-bond acceptors (Lipinski definition) is 5. The molecule has 174 valence electrons. The predicted molar refractivity (Wildman–Crippen MR) is 126 cm³/mol. The molecule has 1 N–H and O–H groups in total. The summed E-state index contributed by atoms with van der Waals surface area (Å²) < 4.78 is 5.21. The Kier molecular flexibility index (Phi) is 6.53. The van der Waals surface area contributed by atoms with Crippen molar-refractivity contribution < 1.29 is 19.1 Å². The van der Waals surface area contributed by atoms with Gasteiger partial charge in [-0.15, -0.1) is 0 Å². The second-order valence-corrected chi connectivity index (χ2v) is 8.45. The van der Waals surface area contributed by atoms with Crippen molar-refractivity contribution in [2.75, 3.05) is 43.6 Å². The average Bonchev–Trinajstić information content (AvgIpc) is 3.10. The molecule has 0 atom stereocenters. The quantitative estimate of drug-likeness (QED) is 0.732. The number of anilines is 2. The largest absolute Gasteiger partial charge is 0.497 e. The number of carbonyl (C=O) groups excluding carboxylic acids is 3. The molecule has 8 nitrogen and oxygen atoms in total. The summed E-state index contributed by atoms with van der Waals surface area (Å²) in [4.78, 5) is 44.2. The second-order valence-electron chi connectivity index (χ2n) is 8.45. The van der Waals surface area contributed by atoms with E-state index >= 15 is 0 Å². The van der Waals surface area contributed by atoms with Crippen LogP contribution in [0.5, 0.6) is 5.75 Å². The van der Waals surface area contributed by atoms with Crippen LogP contribution in [-0.2, 0) is 14.4 Å². The Balaban J connectivity index is 1.52. The third-order valence-electron chi connectivity index (χ3n) is 6.52. The summed E-state index contributed by atoms with van der Waals surface area (Å²) in [6, 6.07) is 16.9. The highest BCUT2D eigenvalue weighted by molar-refractivity contribution is 5.99. The first-order valence-electron chi connectivity index (χ1n) is 11.3. The van der Waals surface area contributed by atoms with Crippen molar-refractivity contribution in [3.8, 4) is 5.75 Å². The molecule has 0 aromatic heterocycles. The van der Waals surface area contributed by atoms with Gasteiger partial charge in [0.05, 0.1) is 13.8 Å². The third kappa shape index (κ3) is 4.51. The van der Waals surface area contributed by atoms with Gasteiger partial charge in [-0.05, 0) is 37.1 Å². The van der Waals surface area contributed by atoms with E-state index in [0.29, 0.717) is 50.5 Å². The summed E-state index contributed by atoms with van der Waals surface area (Å²) >= 11 is 0. The van der Waals surface area contributed by atoms with E-state index in [1.165, 1.54) is 0 Å². The molecule has 4 rings (SSSR count). The molecule has 3 amide bonds. The highest BCUT2D eigenvalue weighted by Crippen LogP contribution is 2.39. The third-order valence-corrected chi connectivity index (χ3v) is 6.52. The van der Waals surface area contributed by atoms with Crippen LogP contribution in [0.25, 0.3) is 0 Å². The fourth-order valence-corrected chi connectivity index (χ4v) is 4.75. The first-order valence-corrected chi connectivity index (χ1v) is 11.3. The number of para-hydroxylation sites is 1. The number of rotatable bonds is 6. The van der Waals surface area contributed by atoms with Crippen LogP contribution in [0.15, 0.2) is 54.6 Å². The zero-order chi connectivity index (χ0) is 23.4. The molecule has 1 spiro atoms. The predicted octanol–water partition coefficient (Wildman–Crippen LogP) is 2.71. The van der Waals surface area contributed by atoms with Crippen LogP contribution in [0.1, 0.15) is 26.2 Å². The molecular weight excluding hydrogens is 420 g/mol. The van der Waals surface area contributed by atoms with Crippen molar-refractivity contribution in [3.63, 3.8) is 0 Å². The monoisotopic (exact) mass is 450 g/mol. The maximum absolute atomic E-state index is 13.7. The normalized spacial score (nSPS) is 17.4. The summed E-state index contributed by atoms with van der Waals surface area (Å²) in [5.74, 6) is 0.430. The Morgan fingerprint density at radius 1 is 1.06 bits per heavy atom. The van der Waals surface area contributed by atoms with Crippen molar-refractivity contribution in [3.05, 3.63) is 54.6 Å². The van der Waals surface area contributed by atoms with Crippen LogP contribution in [0, 0.1) is 0 Å². The number of methoxy groups -OCH3 is 1. The van der Waals surface area contributed by atoms with Gasteiger partial charge in [-0.1, -0.05) is 31.2 Å². The molecule has 33 heavy (non-hydrogen) atoms. The SMILES string of the molecule is CCC(=O)N1CCC2(CC1)C(=O)N(CC(=O)Nc1cccc(OC)c1)CN2c1ccccc1. The fourth-order valence-electron chi connectivity index (χ4n) is 4.75. The summed E-state index contributed by atoms with van der Waals surface area (Å²) in [5.41, 5.74) is 0.811. The molecule has 2 fully saturated rings. The zero-order valence-corrected chi connectivity index (χ0v) is 19.1. The van der Waals surface area contributed by atoms with Gasteiger partial charge in [0.2, 0.25) is 11.8 Å². The Labute approximate surface area is 194 Å². The second kappa shape index (κ2) is 9.52. The number of carbonyl (C=O) groups is 3. The molecule has 2 aromatic rings. The standard InChI is InChI=1S/C25H30N4O4/c1-3-23(31)27-14-12-25(13-15-27)24(32)28(18-29(25)20-9-5-4-6-10-20)17-22(30)26-19-8-7-11-21(16-19)33-2/h4-11,16H,3,12-15,17-18H2,1-2H3,(H,26,30). The Bertz CT molecular complexity index is 1020. The van der Waals surface area contributed by atoms with E-state index in [9.17, 15) is 14.4 Å². The fraction of sp³-hybridized carbons (Fsp3) is 0.400. The molecule has 0 radical (unpaired) electrons. The van der Waals surface area contributed by atoms with Gasteiger partial charge in [0, 0.05) is 37.0 Å². The molecule has 0 bridgehead atoms. The average molecular weight is 451 g/mol. The molecule has 0 saturated carbocycles. The number of nitrogens with one attached hydrogen (secondary N) is 1. The minimum absolute atomic E-state index is 0.0429. The number of benzene rings is 2. The first kappa shape index (κ1) is 22.6. The van der Waals surface area contributed by atoms with E-state index in [-0.39, 0.29) is 24.3 Å². The van der Waals surface area contributed by atoms with Gasteiger partial charge < -0.3 is 24.8 Å². The maximum atomic E-state index is 13.7. The van der Waals surface area contributed by atoms with Crippen molar-refractivity contribution in [1.29, 1.82) is 0 Å². The van der Waals surface area contributed by atoms with E-state index in [1.54, 1.807) is 36.3 Å². The van der Waals surface area contributed by atoms with Gasteiger partial charge >= 0.3 is 0 Å². The number of likely N-dealkylation sites (tertiary alicyclic amines) is 1. The van der Waals surface area contributed by atoms with Gasteiger partial charge in [-0.2, -0.15) is 0 Å². The summed E-state index contributed by atoms with van der Waals surface area (Å²) in [5, 5.41) is 2.86. The van der Waals surface area contributed by atoms with E-state index in [2.05, 4.69) is 10.2 Å². The molecule has 2 aliphatic heterocycles. The lowest BCUT2D eigenvalue weighted by Crippen LogP contribution is -2.57. The van der Waals surface area contributed by atoms with Crippen molar-refractivity contribution in [2.24, 2.45) is 0 Å². The first-order chi connectivity index (χ1) is 16.0. The lowest BCUT2D eigenvalue weighted by molar-refractivity contribution is -0.139. The van der Waals surface area contributed by atoms with Gasteiger partial charge in [0.25, 0.3) is 5.91 Å². The summed E-state index contributed by atoms with van der Waals surface area (Å²) in [6.45, 7) is 3.21. The van der Waals surface area contributed by atoms with Crippen molar-refractivity contribution >= 4 is 29.1 Å². The molecule has 2 aromatic carbocycles. The van der Waals surface area contributed by atoms with Gasteiger partial charge in [0.15, 0.2) is 0 Å². The van der Waals surface area contributed by atoms with Crippen LogP contribution in [0.2, 0.25) is 0 Å². The van der Waals surface area contributed by atoms with Crippen molar-refractivity contribution in [2.45, 2.75) is 31.7 Å². The summed E-state index contributed by atoms with van der Waals surface area (Å²) in [7, 11) is 1.57. The maximum Gasteiger partial charge on any atom is 0.250 e. The molecule has 8 heteroatoms. The minimum Gasteiger partial charge on any atom is -0.497 e. The van der Waals surface area contributed by atoms with Gasteiger partial charge in [0.1, 0.15) is 17.8 Å². The summed E-state index contributed by atoms with van der Waals surface area (Å²) in [6.07, 6.45) is 1.54. The Morgan fingerprint density at radius 2 is 1.79 bits per heavy atom. The van der Waals surface area contributed by atoms with Crippen LogP contribution in [-0.4, -0.2) is 66.5 Å². The number of amides is 3. The van der Waals surface area contributed by atoms with Crippen molar-refractivity contribution in [1.82, 2.24) is 9.80 Å². The van der Waals surface area contributed by atoms with Crippen LogP contribution in [0.3, 0.4) is 0 Å². The zero-order valence-electron chi connectivity index (χ0n) is 19.1. The number of nitrogens with zero attached hydrogens (tertiary/aromatic N) is 3. The van der Waals surface area contributed by atoms with E-state index in [0.717, 1.165) is 5.69 Å². The molecule has 2 saturated heterocycles. The van der Waals surface area contributed by atoms with E-state index in [4.69, 9.17) is 4.74 Å². The molecule has 0 unspecified atom stereocenters. The molecule has 2 heterocycles. The number of ether oxygens (including phenoxy) is 1. The number of piperidine rings is 1. The van der Waals surface area contributed by atoms with Crippen LogP contribution < -0.4 is 15.0 Å². The minimum atomic E-state index is -0.748. The van der Waals surface area contributed by atoms with Gasteiger partial charge in [-0.25, -0.2) is 0 Å². The molecular formula is C25H30N4O4. The lowest BCUT2D eigenvalue weighted by atomic mass is 9.85. The Morgan fingerprint density at radius 3 is 2.45 bits per heavy atom. The van der Waals surface area contributed by atoms with E-state index in [1.807, 2.05) is 42.2 Å². The smallest absolute Gasteiger partial charge is 0.250 e. The highest BCUT2D eigenvalue weighted by atomic mass is 16.5. The van der Waals surface area contributed by atoms with E-state index < -0.39 is 5.54 Å². The Hall–Kier alpha value is -3.55. The van der Waals surface area contributed by atoms with Crippen LogP contribution in [0.4, 0.5) is 11.4 Å². The topological polar surface area (TPSA) is 82.2 Å².